The summed E-state index contributed by atoms with van der Waals surface area (Å²) in [4.78, 5) is 10.3. The molecule has 1 heteroatoms. The molecule has 1 aromatic carbocycles. The average molecular weight is 146 g/mol. The van der Waals surface area contributed by atoms with Gasteiger partial charge in [0.25, 0.3) is 0 Å². The van der Waals surface area contributed by atoms with E-state index in [1.165, 1.54) is 0 Å². The minimum Gasteiger partial charge on any atom is -0.298 e. The van der Waals surface area contributed by atoms with E-state index >= 15 is 0 Å². The number of benzene rings is 1. The summed E-state index contributed by atoms with van der Waals surface area (Å²) in [5, 5.41) is 0. The molecule has 1 nitrogen and oxygen atoms in total. The van der Waals surface area contributed by atoms with Crippen LogP contribution in [-0.2, 0) is 0 Å². The van der Waals surface area contributed by atoms with E-state index in [4.69, 9.17) is 0 Å². The molecule has 0 N–H and O–H groups in total. The Labute approximate surface area is 66.4 Å². The molecule has 0 unspecified atom stereocenters. The summed E-state index contributed by atoms with van der Waals surface area (Å²) in [5.74, 6) is 0. The molecule has 56 valence electrons. The van der Waals surface area contributed by atoms with Crippen LogP contribution in [0.3, 0.4) is 0 Å². The zero-order valence-electron chi connectivity index (χ0n) is 6.50. The quantitative estimate of drug-likeness (QED) is 0.586. The Balaban J connectivity index is 3.00. The topological polar surface area (TPSA) is 17.1 Å². The highest BCUT2D eigenvalue weighted by Crippen LogP contribution is 2.10. The first-order valence-electron chi connectivity index (χ1n) is 3.45. The van der Waals surface area contributed by atoms with Gasteiger partial charge in [-0.05, 0) is 12.5 Å². The minimum atomic E-state index is 0.704. The zero-order valence-corrected chi connectivity index (χ0v) is 6.50. The van der Waals surface area contributed by atoms with Crippen LogP contribution in [0.15, 0.2) is 30.8 Å². The summed E-state index contributed by atoms with van der Waals surface area (Å²) in [6.45, 7) is 5.73. The molecule has 1 rings (SSSR count). The molecule has 0 saturated heterocycles. The molecule has 1 aromatic rings. The highest BCUT2D eigenvalue weighted by molar-refractivity contribution is 5.76. The first kappa shape index (κ1) is 7.73. The van der Waals surface area contributed by atoms with Gasteiger partial charge in [0.2, 0.25) is 0 Å². The number of carbonyl (C=O) groups is 1. The maximum absolute atomic E-state index is 10.3. The molecule has 0 aliphatic heterocycles. The van der Waals surface area contributed by atoms with E-state index in [1.807, 2.05) is 19.1 Å². The van der Waals surface area contributed by atoms with E-state index in [0.717, 1.165) is 17.4 Å². The highest BCUT2D eigenvalue weighted by Gasteiger charge is 1.92. The molecule has 0 bridgehead atoms. The van der Waals surface area contributed by atoms with Crippen molar-refractivity contribution < 1.29 is 4.79 Å². The zero-order chi connectivity index (χ0) is 8.27. The number of hydrogen-bond acceptors (Lipinski definition) is 1. The van der Waals surface area contributed by atoms with Crippen molar-refractivity contribution in [3.8, 4) is 0 Å². The van der Waals surface area contributed by atoms with E-state index < -0.39 is 0 Å². The number of allylic oxidation sites excluding steroid dienone is 1. The number of carbonyl (C=O) groups excluding carboxylic acids is 1. The number of hydrogen-bond donors (Lipinski definition) is 0. The molecule has 0 aliphatic carbocycles. The van der Waals surface area contributed by atoms with Crippen LogP contribution in [0.1, 0.15) is 22.8 Å². The Kier molecular flexibility index (Phi) is 2.21. The standard InChI is InChI=1S/C10H10O/c1-8(2)10-5-3-9(7-11)4-6-10/h3-7H,1H2,2H3. The summed E-state index contributed by atoms with van der Waals surface area (Å²) in [5.41, 5.74) is 2.80. The Morgan fingerprint density at radius 2 is 1.91 bits per heavy atom. The van der Waals surface area contributed by atoms with Crippen molar-refractivity contribution in [3.63, 3.8) is 0 Å². The van der Waals surface area contributed by atoms with Crippen LogP contribution in [-0.4, -0.2) is 6.29 Å². The highest BCUT2D eigenvalue weighted by atomic mass is 16.1. The van der Waals surface area contributed by atoms with Gasteiger partial charge in [-0.2, -0.15) is 0 Å². The van der Waals surface area contributed by atoms with Gasteiger partial charge in [0.05, 0.1) is 0 Å². The Morgan fingerprint density at radius 1 is 1.36 bits per heavy atom. The lowest BCUT2D eigenvalue weighted by atomic mass is 10.1. The van der Waals surface area contributed by atoms with Crippen molar-refractivity contribution in [3.05, 3.63) is 42.0 Å². The van der Waals surface area contributed by atoms with Crippen molar-refractivity contribution >= 4 is 11.9 Å². The molecule has 0 aliphatic rings. The van der Waals surface area contributed by atoms with Crippen molar-refractivity contribution in [2.45, 2.75) is 6.92 Å². The normalized spacial score (nSPS) is 9.18. The Morgan fingerprint density at radius 3 is 2.27 bits per heavy atom. The Hall–Kier alpha value is -1.37. The van der Waals surface area contributed by atoms with Crippen LogP contribution in [0.2, 0.25) is 0 Å². The second kappa shape index (κ2) is 3.15. The van der Waals surface area contributed by atoms with Gasteiger partial charge >= 0.3 is 0 Å². The van der Waals surface area contributed by atoms with E-state index in [0.29, 0.717) is 5.56 Å². The van der Waals surface area contributed by atoms with Crippen LogP contribution >= 0.6 is 0 Å². The van der Waals surface area contributed by atoms with Gasteiger partial charge in [-0.15, -0.1) is 0 Å². The monoisotopic (exact) mass is 146 g/mol. The predicted molar refractivity (Wildman–Crippen MR) is 46.5 cm³/mol. The van der Waals surface area contributed by atoms with Gasteiger partial charge in [0.1, 0.15) is 6.29 Å². The van der Waals surface area contributed by atoms with Crippen LogP contribution < -0.4 is 0 Å². The lowest BCUT2D eigenvalue weighted by Gasteiger charge is -1.97. The van der Waals surface area contributed by atoms with Crippen molar-refractivity contribution in [2.75, 3.05) is 0 Å². The third-order valence-electron chi connectivity index (χ3n) is 1.54. The van der Waals surface area contributed by atoms with E-state index in [2.05, 4.69) is 6.58 Å². The molecule has 0 aromatic heterocycles. The fourth-order valence-corrected chi connectivity index (χ4v) is 0.846. The van der Waals surface area contributed by atoms with Gasteiger partial charge in [-0.3, -0.25) is 4.79 Å². The Bertz CT molecular complexity index is 269. The number of aldehydes is 1. The fraction of sp³-hybridized carbons (Fsp3) is 0.100. The molecule has 0 fully saturated rings. The van der Waals surface area contributed by atoms with Gasteiger partial charge in [-0.1, -0.05) is 36.4 Å². The summed E-state index contributed by atoms with van der Waals surface area (Å²) < 4.78 is 0. The molecule has 0 amide bonds. The lowest BCUT2D eigenvalue weighted by Crippen LogP contribution is -1.80. The third kappa shape index (κ3) is 1.77. The summed E-state index contributed by atoms with van der Waals surface area (Å²) in [6, 6.07) is 7.37. The molecular formula is C10H10O. The molecule has 0 radical (unpaired) electrons. The van der Waals surface area contributed by atoms with E-state index in [1.54, 1.807) is 12.1 Å². The summed E-state index contributed by atoms with van der Waals surface area (Å²) >= 11 is 0. The first-order chi connectivity index (χ1) is 5.24. The van der Waals surface area contributed by atoms with Crippen LogP contribution in [0.25, 0.3) is 5.57 Å². The van der Waals surface area contributed by atoms with Gasteiger partial charge in [0, 0.05) is 5.56 Å². The van der Waals surface area contributed by atoms with Gasteiger partial charge in [-0.25, -0.2) is 0 Å². The smallest absolute Gasteiger partial charge is 0.150 e. The summed E-state index contributed by atoms with van der Waals surface area (Å²) in [7, 11) is 0. The second-order valence-electron chi connectivity index (χ2n) is 2.52. The second-order valence-corrected chi connectivity index (χ2v) is 2.52. The molecule has 11 heavy (non-hydrogen) atoms. The van der Waals surface area contributed by atoms with Crippen molar-refractivity contribution in [1.82, 2.24) is 0 Å². The maximum atomic E-state index is 10.3. The largest absolute Gasteiger partial charge is 0.298 e. The van der Waals surface area contributed by atoms with Crippen LogP contribution in [0.4, 0.5) is 0 Å². The van der Waals surface area contributed by atoms with Crippen LogP contribution in [0.5, 0.6) is 0 Å². The molecule has 0 saturated carbocycles. The van der Waals surface area contributed by atoms with E-state index in [9.17, 15) is 4.79 Å². The lowest BCUT2D eigenvalue weighted by molar-refractivity contribution is 0.112. The SMILES string of the molecule is C=C(C)c1ccc(C=O)cc1. The number of rotatable bonds is 2. The molecule has 0 atom stereocenters. The average Bonchev–Trinajstić information content (AvgIpc) is 2.05. The summed E-state index contributed by atoms with van der Waals surface area (Å²) in [6.07, 6.45) is 0.836. The van der Waals surface area contributed by atoms with Crippen molar-refractivity contribution in [1.29, 1.82) is 0 Å². The van der Waals surface area contributed by atoms with E-state index in [-0.39, 0.29) is 0 Å². The van der Waals surface area contributed by atoms with Crippen molar-refractivity contribution in [2.24, 2.45) is 0 Å². The van der Waals surface area contributed by atoms with Gasteiger partial charge < -0.3 is 0 Å². The fourth-order valence-electron chi connectivity index (χ4n) is 0.846. The third-order valence-corrected chi connectivity index (χ3v) is 1.54. The van der Waals surface area contributed by atoms with Crippen LogP contribution in [0, 0.1) is 0 Å². The molecular weight excluding hydrogens is 136 g/mol. The maximum Gasteiger partial charge on any atom is 0.150 e. The first-order valence-corrected chi connectivity index (χ1v) is 3.45. The van der Waals surface area contributed by atoms with Gasteiger partial charge in [0.15, 0.2) is 0 Å². The minimum absolute atomic E-state index is 0.704. The predicted octanol–water partition coefficient (Wildman–Crippen LogP) is 2.53. The molecule has 0 spiro atoms. The molecule has 0 heterocycles.